The molecule has 0 atom stereocenters. The molecule has 3 N–H and O–H groups in total. The van der Waals surface area contributed by atoms with Gasteiger partial charge in [0.2, 0.25) is 0 Å². The summed E-state index contributed by atoms with van der Waals surface area (Å²) in [5, 5.41) is 2.97. The number of anilines is 1. The summed E-state index contributed by atoms with van der Waals surface area (Å²) in [5.41, 5.74) is 8.06. The molecule has 100 valence electrons. The first-order chi connectivity index (χ1) is 8.26. The number of benzene rings is 1. The zero-order valence-electron chi connectivity index (χ0n) is 11.4. The Morgan fingerprint density at radius 1 is 1.44 bits per heavy atom. The van der Waals surface area contributed by atoms with Gasteiger partial charge in [0.05, 0.1) is 0 Å². The number of carbonyl (C=O) groups excluding carboxylic acids is 1. The fourth-order valence-electron chi connectivity index (χ4n) is 1.48. The summed E-state index contributed by atoms with van der Waals surface area (Å²) in [6.45, 7) is 8.91. The molecule has 0 radical (unpaired) electrons. The fraction of sp³-hybridized carbons (Fsp3) is 0.500. The lowest BCUT2D eigenvalue weighted by Crippen LogP contribution is -2.34. The van der Waals surface area contributed by atoms with Crippen molar-refractivity contribution in [3.63, 3.8) is 0 Å². The number of halogens is 1. The van der Waals surface area contributed by atoms with Crippen LogP contribution in [-0.2, 0) is 0 Å². The van der Waals surface area contributed by atoms with Crippen molar-refractivity contribution >= 4 is 27.5 Å². The number of rotatable bonds is 4. The summed E-state index contributed by atoms with van der Waals surface area (Å²) in [4.78, 5) is 12.1. The lowest BCUT2D eigenvalue weighted by atomic mass is 9.90. The molecule has 4 heteroatoms. The van der Waals surface area contributed by atoms with Gasteiger partial charge in [-0.2, -0.15) is 0 Å². The first-order valence-corrected chi connectivity index (χ1v) is 6.90. The van der Waals surface area contributed by atoms with Gasteiger partial charge in [-0.25, -0.2) is 0 Å². The molecule has 0 aliphatic carbocycles. The molecule has 3 nitrogen and oxygen atoms in total. The molecular formula is C14H21BrN2O. The van der Waals surface area contributed by atoms with Gasteiger partial charge >= 0.3 is 0 Å². The molecule has 0 bridgehead atoms. The van der Waals surface area contributed by atoms with Crippen molar-refractivity contribution in [2.75, 3.05) is 12.3 Å². The quantitative estimate of drug-likeness (QED) is 0.836. The van der Waals surface area contributed by atoms with Gasteiger partial charge in [-0.3, -0.25) is 4.79 Å². The van der Waals surface area contributed by atoms with E-state index in [1.807, 2.05) is 13.0 Å². The van der Waals surface area contributed by atoms with Gasteiger partial charge in [-0.05, 0) is 36.5 Å². The Bertz CT molecular complexity index is 455. The summed E-state index contributed by atoms with van der Waals surface area (Å²) >= 11 is 3.36. The average molecular weight is 313 g/mol. The van der Waals surface area contributed by atoms with Gasteiger partial charge in [-0.1, -0.05) is 36.7 Å². The molecule has 0 unspecified atom stereocenters. The minimum Gasteiger partial charge on any atom is -0.398 e. The molecule has 1 aromatic rings. The van der Waals surface area contributed by atoms with Crippen LogP contribution >= 0.6 is 15.9 Å². The van der Waals surface area contributed by atoms with Crippen LogP contribution in [0.5, 0.6) is 0 Å². The molecule has 1 aromatic carbocycles. The Morgan fingerprint density at radius 2 is 2.06 bits per heavy atom. The van der Waals surface area contributed by atoms with Gasteiger partial charge in [0.25, 0.3) is 5.91 Å². The maximum absolute atomic E-state index is 12.1. The first-order valence-electron chi connectivity index (χ1n) is 6.10. The van der Waals surface area contributed by atoms with Crippen LogP contribution in [0.1, 0.15) is 43.1 Å². The Kier molecular flexibility index (Phi) is 4.79. The highest BCUT2D eigenvalue weighted by molar-refractivity contribution is 9.10. The highest BCUT2D eigenvalue weighted by atomic mass is 79.9. The summed E-state index contributed by atoms with van der Waals surface area (Å²) in [6, 6.07) is 3.61. The second-order valence-electron chi connectivity index (χ2n) is 5.37. The molecule has 0 aromatic heterocycles. The van der Waals surface area contributed by atoms with Crippen molar-refractivity contribution < 1.29 is 4.79 Å². The minimum atomic E-state index is -0.0676. The number of hydrogen-bond donors (Lipinski definition) is 2. The third-order valence-electron chi connectivity index (χ3n) is 3.34. The van der Waals surface area contributed by atoms with Crippen LogP contribution in [0.2, 0.25) is 0 Å². The number of nitrogens with two attached hydrogens (primary N) is 1. The van der Waals surface area contributed by atoms with Gasteiger partial charge in [0.15, 0.2) is 0 Å². The minimum absolute atomic E-state index is 0.0676. The second-order valence-corrected chi connectivity index (χ2v) is 6.28. The number of nitrogen functional groups attached to an aromatic ring is 1. The lowest BCUT2D eigenvalue weighted by molar-refractivity contribution is 0.0935. The van der Waals surface area contributed by atoms with E-state index in [-0.39, 0.29) is 11.3 Å². The molecule has 18 heavy (non-hydrogen) atoms. The van der Waals surface area contributed by atoms with Crippen LogP contribution in [0.25, 0.3) is 0 Å². The zero-order chi connectivity index (χ0) is 13.9. The fourth-order valence-corrected chi connectivity index (χ4v) is 1.95. The Balaban J connectivity index is 2.85. The van der Waals surface area contributed by atoms with Crippen molar-refractivity contribution in [1.29, 1.82) is 0 Å². The molecule has 0 aliphatic rings. The van der Waals surface area contributed by atoms with Gasteiger partial charge < -0.3 is 11.1 Å². The molecule has 0 saturated carbocycles. The van der Waals surface area contributed by atoms with Crippen molar-refractivity contribution in [2.45, 2.75) is 34.1 Å². The van der Waals surface area contributed by atoms with Crippen molar-refractivity contribution in [3.05, 3.63) is 27.7 Å². The van der Waals surface area contributed by atoms with Crippen LogP contribution in [-0.4, -0.2) is 12.5 Å². The summed E-state index contributed by atoms with van der Waals surface area (Å²) in [7, 11) is 0. The molecule has 0 spiro atoms. The SMILES string of the molecule is CCC(C)(C)CNC(=O)c1cc(Br)cc(N)c1C. The Labute approximate surface area is 117 Å². The van der Waals surface area contributed by atoms with E-state index >= 15 is 0 Å². The highest BCUT2D eigenvalue weighted by Crippen LogP contribution is 2.23. The molecule has 0 fully saturated rings. The largest absolute Gasteiger partial charge is 0.398 e. The van der Waals surface area contributed by atoms with E-state index in [1.54, 1.807) is 6.07 Å². The summed E-state index contributed by atoms with van der Waals surface area (Å²) < 4.78 is 0.825. The maximum atomic E-state index is 12.1. The second kappa shape index (κ2) is 5.74. The van der Waals surface area contributed by atoms with Gasteiger partial charge in [-0.15, -0.1) is 0 Å². The normalized spacial score (nSPS) is 11.4. The highest BCUT2D eigenvalue weighted by Gasteiger charge is 2.18. The predicted octanol–water partition coefficient (Wildman–Crippen LogP) is 3.51. The first kappa shape index (κ1) is 15.0. The molecule has 0 heterocycles. The van der Waals surface area contributed by atoms with E-state index < -0.39 is 0 Å². The van der Waals surface area contributed by atoms with Crippen molar-refractivity contribution in [2.24, 2.45) is 5.41 Å². The monoisotopic (exact) mass is 312 g/mol. The Morgan fingerprint density at radius 3 is 2.61 bits per heavy atom. The maximum Gasteiger partial charge on any atom is 0.251 e. The van der Waals surface area contributed by atoms with Crippen LogP contribution in [0.4, 0.5) is 5.69 Å². The van der Waals surface area contributed by atoms with E-state index in [9.17, 15) is 4.79 Å². The number of hydrogen-bond acceptors (Lipinski definition) is 2. The molecule has 1 rings (SSSR count). The van der Waals surface area contributed by atoms with E-state index in [0.29, 0.717) is 17.8 Å². The van der Waals surface area contributed by atoms with Crippen LogP contribution < -0.4 is 11.1 Å². The number of carbonyl (C=O) groups is 1. The standard InChI is InChI=1S/C14H21BrN2O/c1-5-14(3,4)8-17-13(18)11-6-10(15)7-12(16)9(11)2/h6-7H,5,8,16H2,1-4H3,(H,17,18). The Hall–Kier alpha value is -1.03. The number of amides is 1. The average Bonchev–Trinajstić information content (AvgIpc) is 2.31. The van der Waals surface area contributed by atoms with E-state index in [1.165, 1.54) is 0 Å². The van der Waals surface area contributed by atoms with Crippen LogP contribution in [0, 0.1) is 12.3 Å². The van der Waals surface area contributed by atoms with Crippen molar-refractivity contribution in [3.8, 4) is 0 Å². The molecule has 0 aliphatic heterocycles. The molecule has 1 amide bonds. The lowest BCUT2D eigenvalue weighted by Gasteiger charge is -2.23. The van der Waals surface area contributed by atoms with E-state index in [0.717, 1.165) is 16.5 Å². The third kappa shape index (κ3) is 3.73. The third-order valence-corrected chi connectivity index (χ3v) is 3.80. The molecule has 0 saturated heterocycles. The number of nitrogens with one attached hydrogen (secondary N) is 1. The smallest absolute Gasteiger partial charge is 0.251 e. The van der Waals surface area contributed by atoms with E-state index in [2.05, 4.69) is 42.0 Å². The van der Waals surface area contributed by atoms with Crippen molar-refractivity contribution in [1.82, 2.24) is 5.32 Å². The molecular weight excluding hydrogens is 292 g/mol. The summed E-state index contributed by atoms with van der Waals surface area (Å²) in [6.07, 6.45) is 1.02. The van der Waals surface area contributed by atoms with Crippen LogP contribution in [0.3, 0.4) is 0 Å². The summed E-state index contributed by atoms with van der Waals surface area (Å²) in [5.74, 6) is -0.0676. The van der Waals surface area contributed by atoms with E-state index in [4.69, 9.17) is 5.73 Å². The predicted molar refractivity (Wildman–Crippen MR) is 79.7 cm³/mol. The van der Waals surface area contributed by atoms with Crippen LogP contribution in [0.15, 0.2) is 16.6 Å². The van der Waals surface area contributed by atoms with Gasteiger partial charge in [0, 0.05) is 22.3 Å². The zero-order valence-corrected chi connectivity index (χ0v) is 13.0. The van der Waals surface area contributed by atoms with Gasteiger partial charge in [0.1, 0.15) is 0 Å². The topological polar surface area (TPSA) is 55.1 Å².